The van der Waals surface area contributed by atoms with Gasteiger partial charge < -0.3 is 145 Å². The molecule has 5 aliphatic heterocycles. The minimum absolute atomic E-state index is 0.836. The van der Waals surface area contributed by atoms with Crippen molar-refractivity contribution in [1.29, 1.82) is 0 Å². The monoisotopic (exact) mass is 1060 g/mol. The number of carboxylic acid groups (broad SMARTS) is 1. The molecule has 26 atom stereocenters. The largest absolute Gasteiger partial charge is 0.477 e. The Morgan fingerprint density at radius 2 is 1.08 bits per heavy atom. The topological polar surface area (TPSA) is 531 Å². The smallest absolute Gasteiger partial charge is 0.364 e. The van der Waals surface area contributed by atoms with E-state index in [1.807, 2.05) is 0 Å². The lowest BCUT2D eigenvalue weighted by Crippen LogP contribution is -2.72. The molecule has 5 aliphatic rings. The van der Waals surface area contributed by atoms with Gasteiger partial charge in [-0.25, -0.2) is 4.79 Å². The van der Waals surface area contributed by atoms with Gasteiger partial charge in [0.25, 0.3) is 5.79 Å². The number of carbonyl (C=O) groups excluding carboxylic acids is 3. The van der Waals surface area contributed by atoms with Crippen LogP contribution in [-0.4, -0.2) is 309 Å². The molecular weight excluding hydrogens is 990 g/mol. The van der Waals surface area contributed by atoms with Gasteiger partial charge in [-0.2, -0.15) is 0 Å². The third-order valence-corrected chi connectivity index (χ3v) is 12.6. The maximum Gasteiger partial charge on any atom is 0.364 e. The van der Waals surface area contributed by atoms with Crippen LogP contribution in [0.15, 0.2) is 0 Å². The summed E-state index contributed by atoms with van der Waals surface area (Å²) >= 11 is 0. The van der Waals surface area contributed by atoms with Crippen molar-refractivity contribution in [2.24, 2.45) is 0 Å². The maximum absolute atomic E-state index is 13.5. The lowest BCUT2D eigenvalue weighted by molar-refractivity contribution is -0.400. The summed E-state index contributed by atoms with van der Waals surface area (Å²) in [6, 6.07) is -5.52. The van der Waals surface area contributed by atoms with Crippen LogP contribution in [0.3, 0.4) is 0 Å². The maximum atomic E-state index is 13.5. The molecule has 72 heavy (non-hydrogen) atoms. The zero-order valence-corrected chi connectivity index (χ0v) is 38.3. The molecule has 0 aliphatic carbocycles. The number of rotatable bonds is 20. The Bertz CT molecular complexity index is 1790. The van der Waals surface area contributed by atoms with Crippen molar-refractivity contribution in [3.8, 4) is 0 Å². The summed E-state index contributed by atoms with van der Waals surface area (Å²) in [5, 5.41) is 188. The van der Waals surface area contributed by atoms with E-state index < -0.39 is 229 Å². The summed E-state index contributed by atoms with van der Waals surface area (Å²) < 4.78 is 51.8. The number of aliphatic hydroxyl groups is 16. The highest BCUT2D eigenvalue weighted by Crippen LogP contribution is 2.40. The standard InChI is InChI=1S/C39H65N3O30/c1-10(49)40-20-25(57)29(68-36-27(59)26(58)23(55)14(5-44)65-36)16(7-46)66-35(20)69-30-17(8-47)67-37(70-31-21(41-11(2)50)34(61)64-15(6-45)24(31)56)28(60)33(30)72-39(38(62)63)3-12(51)19(42-18(53)9-48)32(71-39)22(54)13(52)4-43/h12-17,19-37,43-48,51-52,54-61H,3-9H2,1-2H3,(H,40,49)(H,41,50)(H,42,53)(H,62,63)/t12-,13+,14+,15+,16+,17+,19+,20+,21+,22+,23-,24-,25+,26-,27+,28+,29-,30-,31+,32+,33+,34-,35-,36-,37-,39-/m0/s1. The van der Waals surface area contributed by atoms with Crippen LogP contribution in [0.25, 0.3) is 0 Å². The fourth-order valence-electron chi connectivity index (χ4n) is 8.94. The molecule has 5 heterocycles. The summed E-state index contributed by atoms with van der Waals surface area (Å²) in [6.07, 6.45) is -46.8. The molecule has 0 spiro atoms. The molecule has 5 fully saturated rings. The normalized spacial score (nSPS) is 44.6. The number of hydrogen-bond acceptors (Lipinski definition) is 29. The SMILES string of the molecule is CC(=O)N[C@@H]1[C@@H](O[C@@H]2O[C@H](CO)[C@H](O[C@@H]3O[C@H](CO)[C@H](O[C@@H]4O[C@H](CO)[C@H](O)[C@H](O)[C@H]4O)[C@H](O)[C@H]3NC(C)=O)[C@H](O[C@]3(C(=O)O)C[C@H](O)[C@@H](NC(=O)CO)[C@H]([C@H](O)[C@H](O)CO)O3)[C@H]2O)[C@@H](O)[C@@H](CO)O[C@@H]1O. The number of aliphatic hydroxyl groups excluding tert-OH is 16. The first-order valence-corrected chi connectivity index (χ1v) is 22.4. The molecule has 3 amide bonds. The number of amides is 3. The van der Waals surface area contributed by atoms with Crippen LogP contribution in [0.5, 0.6) is 0 Å². The van der Waals surface area contributed by atoms with Crippen molar-refractivity contribution in [1.82, 2.24) is 16.0 Å². The molecule has 5 rings (SSSR count). The highest BCUT2D eigenvalue weighted by molar-refractivity contribution is 5.78. The van der Waals surface area contributed by atoms with Crippen LogP contribution in [0.2, 0.25) is 0 Å². The van der Waals surface area contributed by atoms with E-state index in [1.165, 1.54) is 0 Å². The molecule has 0 aromatic rings. The second kappa shape index (κ2) is 25.6. The van der Waals surface area contributed by atoms with Gasteiger partial charge in [0.15, 0.2) is 25.2 Å². The Labute approximate surface area is 406 Å². The van der Waals surface area contributed by atoms with Gasteiger partial charge in [-0.05, 0) is 0 Å². The molecule has 0 aromatic carbocycles. The van der Waals surface area contributed by atoms with Crippen molar-refractivity contribution in [2.45, 2.75) is 179 Å². The number of aliphatic carboxylic acids is 1. The summed E-state index contributed by atoms with van der Waals surface area (Å²) in [4.78, 5) is 50.7. The molecule has 0 bridgehead atoms. The Balaban J connectivity index is 1.60. The minimum atomic E-state index is -3.40. The Morgan fingerprint density at radius 1 is 0.569 bits per heavy atom. The van der Waals surface area contributed by atoms with Crippen LogP contribution in [0, 0.1) is 0 Å². The van der Waals surface area contributed by atoms with E-state index in [2.05, 4.69) is 16.0 Å². The molecular formula is C39H65N3O30. The van der Waals surface area contributed by atoms with Gasteiger partial charge in [-0.15, -0.1) is 0 Å². The number of ether oxygens (including phenoxy) is 9. The van der Waals surface area contributed by atoms with Crippen LogP contribution in [-0.2, 0) is 61.8 Å². The first-order valence-electron chi connectivity index (χ1n) is 22.4. The molecule has 0 unspecified atom stereocenters. The van der Waals surface area contributed by atoms with E-state index in [1.54, 1.807) is 0 Å². The summed E-state index contributed by atoms with van der Waals surface area (Å²) in [6.45, 7) is -4.74. The third-order valence-electron chi connectivity index (χ3n) is 12.6. The summed E-state index contributed by atoms with van der Waals surface area (Å²) in [5.74, 6) is -8.56. The summed E-state index contributed by atoms with van der Waals surface area (Å²) in [5.41, 5.74) is 0. The van der Waals surface area contributed by atoms with Gasteiger partial charge in [0, 0.05) is 20.3 Å². The van der Waals surface area contributed by atoms with Crippen LogP contribution >= 0.6 is 0 Å². The van der Waals surface area contributed by atoms with Crippen LogP contribution in [0.4, 0.5) is 0 Å². The van der Waals surface area contributed by atoms with E-state index in [-0.39, 0.29) is 0 Å². The zero-order valence-electron chi connectivity index (χ0n) is 38.3. The molecule has 0 aromatic heterocycles. The lowest BCUT2D eigenvalue weighted by Gasteiger charge is -2.52. The molecule has 0 radical (unpaired) electrons. The van der Waals surface area contributed by atoms with E-state index in [0.29, 0.717) is 0 Å². The van der Waals surface area contributed by atoms with E-state index in [0.717, 1.165) is 13.8 Å². The molecule has 416 valence electrons. The second-order valence-corrected chi connectivity index (χ2v) is 17.6. The molecule has 5 saturated heterocycles. The average Bonchev–Trinajstić information content (AvgIpc) is 3.34. The van der Waals surface area contributed by atoms with Gasteiger partial charge in [0.2, 0.25) is 17.7 Å². The van der Waals surface area contributed by atoms with Crippen molar-refractivity contribution in [2.75, 3.05) is 39.6 Å². The highest BCUT2D eigenvalue weighted by atomic mass is 16.8. The third kappa shape index (κ3) is 12.9. The predicted molar refractivity (Wildman–Crippen MR) is 220 cm³/mol. The number of nitrogens with one attached hydrogen (secondary N) is 3. The Hall–Kier alpha value is -3.12. The van der Waals surface area contributed by atoms with Crippen molar-refractivity contribution >= 4 is 23.7 Å². The molecule has 33 nitrogen and oxygen atoms in total. The van der Waals surface area contributed by atoms with Crippen LogP contribution in [0.1, 0.15) is 20.3 Å². The van der Waals surface area contributed by atoms with Gasteiger partial charge in [-0.3, -0.25) is 14.4 Å². The highest BCUT2D eigenvalue weighted by Gasteiger charge is 2.62. The Kier molecular flexibility index (Phi) is 21.3. The van der Waals surface area contributed by atoms with E-state index in [9.17, 15) is 106 Å². The minimum Gasteiger partial charge on any atom is -0.477 e. The fourth-order valence-corrected chi connectivity index (χ4v) is 8.94. The number of carboxylic acids is 1. The molecule has 0 saturated carbocycles. The first kappa shape index (κ1) is 59.8. The first-order chi connectivity index (χ1) is 33.9. The number of hydrogen-bond donors (Lipinski definition) is 20. The molecule has 33 heteroatoms. The fraction of sp³-hybridized carbons (Fsp3) is 0.897. The summed E-state index contributed by atoms with van der Waals surface area (Å²) in [7, 11) is 0. The predicted octanol–water partition coefficient (Wildman–Crippen LogP) is -13.3. The van der Waals surface area contributed by atoms with Gasteiger partial charge in [0.1, 0.15) is 122 Å². The quantitative estimate of drug-likeness (QED) is 0.0538. The lowest BCUT2D eigenvalue weighted by atomic mass is 9.88. The zero-order chi connectivity index (χ0) is 53.7. The molecule has 20 N–H and O–H groups in total. The van der Waals surface area contributed by atoms with E-state index in [4.69, 9.17) is 42.6 Å². The second-order valence-electron chi connectivity index (χ2n) is 17.6. The van der Waals surface area contributed by atoms with Crippen LogP contribution < -0.4 is 16.0 Å². The Morgan fingerprint density at radius 3 is 1.64 bits per heavy atom. The van der Waals surface area contributed by atoms with Gasteiger partial charge in [-0.1, -0.05) is 0 Å². The van der Waals surface area contributed by atoms with Crippen molar-refractivity contribution in [3.63, 3.8) is 0 Å². The van der Waals surface area contributed by atoms with E-state index >= 15 is 0 Å². The van der Waals surface area contributed by atoms with Crippen molar-refractivity contribution < 1.29 is 149 Å². The number of carbonyl (C=O) groups is 4. The average molecular weight is 1060 g/mol. The van der Waals surface area contributed by atoms with Crippen molar-refractivity contribution in [3.05, 3.63) is 0 Å². The van der Waals surface area contributed by atoms with Gasteiger partial charge >= 0.3 is 5.97 Å². The van der Waals surface area contributed by atoms with Gasteiger partial charge in [0.05, 0.1) is 45.2 Å².